The minimum Gasteiger partial charge on any atom is -0.465 e. The van der Waals surface area contributed by atoms with E-state index in [2.05, 4.69) is 4.98 Å². The smallest absolute Gasteiger partial charge is 0.340 e. The summed E-state index contributed by atoms with van der Waals surface area (Å²) in [6.07, 6.45) is -12.0. The van der Waals surface area contributed by atoms with Gasteiger partial charge in [-0.05, 0) is 57.9 Å². The van der Waals surface area contributed by atoms with E-state index in [1.165, 1.54) is 49.5 Å². The highest BCUT2D eigenvalue weighted by Crippen LogP contribution is 2.70. The number of hydrogen-bond donors (Lipinski definition) is 2. The van der Waals surface area contributed by atoms with Gasteiger partial charge in [-0.1, -0.05) is 18.2 Å². The Morgan fingerprint density at radius 3 is 1.92 bits per heavy atom. The first kappa shape index (κ1) is 46.5. The van der Waals surface area contributed by atoms with Gasteiger partial charge in [0.1, 0.15) is 42.0 Å². The van der Waals surface area contributed by atoms with Gasteiger partial charge in [0.2, 0.25) is 0 Å². The Balaban J connectivity index is 1.79. The Morgan fingerprint density at radius 2 is 1.33 bits per heavy atom. The molecule has 2 aliphatic heterocycles. The predicted molar refractivity (Wildman–Crippen MR) is 207 cm³/mol. The number of aryl methyl sites for hydroxylation is 1. The van der Waals surface area contributed by atoms with Crippen molar-refractivity contribution in [3.8, 4) is 0 Å². The number of esters is 8. The lowest BCUT2D eigenvalue weighted by atomic mass is 9.45. The number of aromatic nitrogens is 1. The zero-order valence-corrected chi connectivity index (χ0v) is 35.8. The highest BCUT2D eigenvalue weighted by Gasteiger charge is 2.92. The van der Waals surface area contributed by atoms with E-state index >= 15 is 0 Å². The first-order valence-electron chi connectivity index (χ1n) is 20.0. The third kappa shape index (κ3) is 7.99. The number of aliphatic hydroxyl groups is 2. The summed E-state index contributed by atoms with van der Waals surface area (Å²) >= 11 is 0. The monoisotopic (exact) mass is 883 g/mol. The summed E-state index contributed by atoms with van der Waals surface area (Å²) < 4.78 is 54.9. The van der Waals surface area contributed by atoms with E-state index < -0.39 is 138 Å². The largest absolute Gasteiger partial charge is 0.465 e. The summed E-state index contributed by atoms with van der Waals surface area (Å²) in [6.45, 7) is 6.37. The molecule has 2 saturated carbocycles. The minimum atomic E-state index is -2.98. The van der Waals surface area contributed by atoms with Gasteiger partial charge in [-0.2, -0.15) is 0 Å². The normalized spacial score (nSPS) is 35.8. The van der Waals surface area contributed by atoms with Gasteiger partial charge in [-0.15, -0.1) is 0 Å². The average Bonchev–Trinajstić information content (AvgIpc) is 3.42. The number of cyclic esters (lactones) is 1. The van der Waals surface area contributed by atoms with Crippen molar-refractivity contribution in [2.75, 3.05) is 13.2 Å². The molecule has 0 radical (unpaired) electrons. The van der Waals surface area contributed by atoms with Gasteiger partial charge < -0.3 is 52.8 Å². The standard InChI is InChI=1S/C43H49NO19/c1-21(45)55-20-42-34(59-24(4)48)30(57-22(2)46)29-32(58-23(3)47)43(42)41(8,54)33(31(35(42)60-25(5)49)61-36(50)26-13-10-9-11-14-26)62-38(52)39(6,53)17-16-28-27(15-12-18-44-28)37(51)56-19-40(29,7)63-43/h9-15,18,29-35,53-54H,16-17,19-20H2,1-8H3/t29-,30-,31+,32-,33+,34-,35+,39?,40+,41?,42-,43+/m1/s1. The van der Waals surface area contributed by atoms with Crippen molar-refractivity contribution in [1.82, 2.24) is 4.98 Å². The van der Waals surface area contributed by atoms with Gasteiger partial charge in [0.25, 0.3) is 0 Å². The molecule has 1 spiro atoms. The molecule has 1 aromatic carbocycles. The maximum atomic E-state index is 14.5. The molecule has 2 aromatic rings. The lowest BCUT2D eigenvalue weighted by molar-refractivity contribution is -0.386. The second kappa shape index (κ2) is 16.9. The molecule has 4 bridgehead atoms. The molecule has 2 aliphatic carbocycles. The highest BCUT2D eigenvalue weighted by atomic mass is 16.7. The third-order valence-corrected chi connectivity index (χ3v) is 12.2. The van der Waals surface area contributed by atoms with Crippen LogP contribution in [-0.2, 0) is 77.8 Å². The molecule has 63 heavy (non-hydrogen) atoms. The van der Waals surface area contributed by atoms with E-state index in [1.54, 1.807) is 6.07 Å². The van der Waals surface area contributed by atoms with Crippen molar-refractivity contribution in [3.05, 3.63) is 65.5 Å². The Kier molecular flexibility index (Phi) is 12.5. The molecule has 6 rings (SSSR count). The van der Waals surface area contributed by atoms with Gasteiger partial charge in [0.05, 0.1) is 22.7 Å². The first-order chi connectivity index (χ1) is 29.4. The van der Waals surface area contributed by atoms with E-state index in [-0.39, 0.29) is 23.2 Å². The van der Waals surface area contributed by atoms with Crippen molar-refractivity contribution in [2.24, 2.45) is 11.3 Å². The molecule has 2 unspecified atom stereocenters. The number of hydrogen-bond acceptors (Lipinski definition) is 20. The molecule has 20 nitrogen and oxygen atoms in total. The Labute approximate surface area is 360 Å². The fourth-order valence-corrected chi connectivity index (χ4v) is 9.73. The third-order valence-electron chi connectivity index (χ3n) is 12.2. The first-order valence-corrected chi connectivity index (χ1v) is 20.0. The molecule has 4 aliphatic rings. The SMILES string of the molecule is CC(=O)OC[C@]12[C@H](OC(C)=O)[C@H](OC(C)=O)[C@@H]3[C@@H](OC(C)=O)[C@@]14O[C@@]3(C)COC(=O)c1cccnc1CCC(C)(O)C(=O)O[C@@H]([C@H](OC(=O)c1ccccc1)[C@@H]2OC(C)=O)C4(C)O. The summed E-state index contributed by atoms with van der Waals surface area (Å²) in [5, 5.41) is 25.4. The van der Waals surface area contributed by atoms with Gasteiger partial charge in [0.15, 0.2) is 35.6 Å². The lowest BCUT2D eigenvalue weighted by Gasteiger charge is -2.67. The molecule has 1 saturated heterocycles. The molecule has 340 valence electrons. The summed E-state index contributed by atoms with van der Waals surface area (Å²) in [7, 11) is 0. The zero-order valence-electron chi connectivity index (χ0n) is 35.8. The lowest BCUT2D eigenvalue weighted by Crippen LogP contribution is -2.89. The Hall–Kier alpha value is -5.99. The van der Waals surface area contributed by atoms with Gasteiger partial charge >= 0.3 is 47.8 Å². The number of rotatable bonds is 8. The number of benzene rings is 1. The quantitative estimate of drug-likeness (QED) is 0.279. The molecular weight excluding hydrogens is 834 g/mol. The van der Waals surface area contributed by atoms with Gasteiger partial charge in [-0.3, -0.25) is 29.0 Å². The van der Waals surface area contributed by atoms with Crippen molar-refractivity contribution in [1.29, 1.82) is 0 Å². The van der Waals surface area contributed by atoms with Crippen LogP contribution in [0.1, 0.15) is 88.2 Å². The number of nitrogens with zero attached hydrogens (tertiary/aromatic N) is 1. The van der Waals surface area contributed by atoms with Crippen molar-refractivity contribution in [2.45, 2.75) is 127 Å². The van der Waals surface area contributed by atoms with Crippen LogP contribution in [0, 0.1) is 11.3 Å². The van der Waals surface area contributed by atoms with Crippen LogP contribution in [0.5, 0.6) is 0 Å². The van der Waals surface area contributed by atoms with Gasteiger partial charge in [0, 0.05) is 40.8 Å². The van der Waals surface area contributed by atoms with Crippen LogP contribution in [0.3, 0.4) is 0 Å². The second-order valence-electron chi connectivity index (χ2n) is 16.7. The highest BCUT2D eigenvalue weighted by molar-refractivity contribution is 5.91. The number of pyridine rings is 1. The van der Waals surface area contributed by atoms with Crippen molar-refractivity contribution in [3.63, 3.8) is 0 Å². The molecule has 3 fully saturated rings. The average molecular weight is 884 g/mol. The maximum Gasteiger partial charge on any atom is 0.340 e. The maximum absolute atomic E-state index is 14.5. The summed E-state index contributed by atoms with van der Waals surface area (Å²) in [4.78, 5) is 113. The second-order valence-corrected chi connectivity index (χ2v) is 16.7. The van der Waals surface area contributed by atoms with Crippen molar-refractivity contribution >= 4 is 47.8 Å². The van der Waals surface area contributed by atoms with Crippen LogP contribution in [0.4, 0.5) is 0 Å². The van der Waals surface area contributed by atoms with E-state index in [9.17, 15) is 48.6 Å². The summed E-state index contributed by atoms with van der Waals surface area (Å²) in [6, 6.07) is 10.1. The summed E-state index contributed by atoms with van der Waals surface area (Å²) in [5.41, 5.74) is -13.3. The van der Waals surface area contributed by atoms with E-state index in [4.69, 9.17) is 42.6 Å². The van der Waals surface area contributed by atoms with Gasteiger partial charge in [-0.25, -0.2) is 14.4 Å². The molecule has 3 heterocycles. The van der Waals surface area contributed by atoms with Crippen LogP contribution >= 0.6 is 0 Å². The molecular formula is C43H49NO19. The number of ether oxygens (including phenoxy) is 9. The predicted octanol–water partition coefficient (Wildman–Crippen LogP) is 1.27. The Morgan fingerprint density at radius 1 is 0.746 bits per heavy atom. The molecule has 20 heteroatoms. The summed E-state index contributed by atoms with van der Waals surface area (Å²) in [5.74, 6) is -10.5. The van der Waals surface area contributed by atoms with Crippen LogP contribution < -0.4 is 0 Å². The van der Waals surface area contributed by atoms with Crippen LogP contribution in [0.25, 0.3) is 0 Å². The number of carbonyl (C=O) groups excluding carboxylic acids is 8. The van der Waals surface area contributed by atoms with Crippen LogP contribution in [-0.4, -0.2) is 135 Å². The van der Waals surface area contributed by atoms with Crippen LogP contribution in [0.2, 0.25) is 0 Å². The number of fused-ring (bicyclic) bond motifs is 5. The minimum absolute atomic E-state index is 0.0847. The topological polar surface area (TPSA) is 273 Å². The fourth-order valence-electron chi connectivity index (χ4n) is 9.73. The molecule has 1 aromatic heterocycles. The van der Waals surface area contributed by atoms with E-state index in [0.717, 1.165) is 48.5 Å². The van der Waals surface area contributed by atoms with Crippen LogP contribution in [0.15, 0.2) is 48.7 Å². The van der Waals surface area contributed by atoms with E-state index in [1.807, 2.05) is 0 Å². The fraction of sp³-hybridized carbons (Fsp3) is 0.558. The number of carbonyl (C=O) groups is 8. The van der Waals surface area contributed by atoms with Crippen molar-refractivity contribution < 1.29 is 91.2 Å². The molecule has 2 N–H and O–H groups in total. The molecule has 12 atom stereocenters. The molecule has 0 amide bonds. The Bertz CT molecular complexity index is 2190. The van der Waals surface area contributed by atoms with E-state index in [0.29, 0.717) is 0 Å². The zero-order chi connectivity index (χ0) is 46.4.